The molecule has 0 aliphatic carbocycles. The van der Waals surface area contributed by atoms with Crippen molar-refractivity contribution in [1.82, 2.24) is 5.32 Å². The third kappa shape index (κ3) is 2.90. The van der Waals surface area contributed by atoms with Gasteiger partial charge >= 0.3 is 0 Å². The van der Waals surface area contributed by atoms with E-state index in [1.807, 2.05) is 37.3 Å². The molecule has 98 valence electrons. The van der Waals surface area contributed by atoms with Gasteiger partial charge in [-0.15, -0.1) is 0 Å². The number of furan rings is 1. The smallest absolute Gasteiger partial charge is 0.134 e. The molecule has 0 saturated heterocycles. The van der Waals surface area contributed by atoms with Crippen LogP contribution in [0.25, 0.3) is 11.0 Å². The van der Waals surface area contributed by atoms with Gasteiger partial charge in [-0.1, -0.05) is 18.2 Å². The number of ether oxygens (including phenoxy) is 1. The van der Waals surface area contributed by atoms with Crippen molar-refractivity contribution in [1.29, 1.82) is 0 Å². The van der Waals surface area contributed by atoms with Gasteiger partial charge in [0.1, 0.15) is 11.3 Å². The minimum Gasteiger partial charge on any atom is -0.459 e. The quantitative estimate of drug-likeness (QED) is 0.823. The average molecular weight is 249 g/mol. The van der Waals surface area contributed by atoms with Crippen molar-refractivity contribution in [2.75, 3.05) is 20.3 Å². The largest absolute Gasteiger partial charge is 0.459 e. The Balaban J connectivity index is 2.10. The molecule has 0 amide bonds. The van der Waals surface area contributed by atoms with Crippen molar-refractivity contribution in [2.45, 2.75) is 19.0 Å². The number of fused-ring (bicyclic) bond motifs is 1. The molecular formula is C14H19NO3. The molecule has 0 bridgehead atoms. The lowest BCUT2D eigenvalue weighted by molar-refractivity contribution is 0.122. The van der Waals surface area contributed by atoms with Crippen LogP contribution in [0.15, 0.2) is 34.7 Å². The molecule has 4 heteroatoms. The maximum absolute atomic E-state index is 9.22. The normalized spacial score (nSPS) is 14.8. The second-order valence-electron chi connectivity index (χ2n) is 4.41. The molecule has 2 atom stereocenters. The highest BCUT2D eigenvalue weighted by Gasteiger charge is 2.15. The standard InChI is InChI=1S/C14H19NO3/c1-10(15-12(8-16)9-17-2)14-7-11-5-3-4-6-13(11)18-14/h3-7,10,12,15-16H,8-9H2,1-2H3. The van der Waals surface area contributed by atoms with Crippen molar-refractivity contribution >= 4 is 11.0 Å². The maximum atomic E-state index is 9.22. The molecule has 0 saturated carbocycles. The number of rotatable bonds is 6. The summed E-state index contributed by atoms with van der Waals surface area (Å²) in [6, 6.07) is 9.88. The summed E-state index contributed by atoms with van der Waals surface area (Å²) >= 11 is 0. The summed E-state index contributed by atoms with van der Waals surface area (Å²) in [5, 5.41) is 13.6. The molecular weight excluding hydrogens is 230 g/mol. The average Bonchev–Trinajstić information content (AvgIpc) is 2.82. The van der Waals surface area contributed by atoms with Gasteiger partial charge in [-0.2, -0.15) is 0 Å². The fourth-order valence-electron chi connectivity index (χ4n) is 2.01. The van der Waals surface area contributed by atoms with E-state index in [1.165, 1.54) is 0 Å². The Kier molecular flexibility index (Phi) is 4.36. The third-order valence-electron chi connectivity index (χ3n) is 2.95. The summed E-state index contributed by atoms with van der Waals surface area (Å²) in [4.78, 5) is 0. The molecule has 0 fully saturated rings. The van der Waals surface area contributed by atoms with Crippen molar-refractivity contribution in [3.05, 3.63) is 36.1 Å². The van der Waals surface area contributed by atoms with E-state index in [1.54, 1.807) is 7.11 Å². The Morgan fingerprint density at radius 2 is 2.17 bits per heavy atom. The third-order valence-corrected chi connectivity index (χ3v) is 2.95. The van der Waals surface area contributed by atoms with E-state index in [2.05, 4.69) is 5.32 Å². The van der Waals surface area contributed by atoms with E-state index in [0.29, 0.717) is 6.61 Å². The van der Waals surface area contributed by atoms with Crippen LogP contribution in [0.3, 0.4) is 0 Å². The molecule has 2 aromatic rings. The van der Waals surface area contributed by atoms with Gasteiger partial charge in [0.05, 0.1) is 25.3 Å². The van der Waals surface area contributed by atoms with Crippen molar-refractivity contribution in [2.24, 2.45) is 0 Å². The van der Waals surface area contributed by atoms with Gasteiger partial charge in [-0.3, -0.25) is 0 Å². The number of aliphatic hydroxyl groups is 1. The lowest BCUT2D eigenvalue weighted by Crippen LogP contribution is -2.37. The number of para-hydroxylation sites is 1. The van der Waals surface area contributed by atoms with Crippen LogP contribution in [-0.4, -0.2) is 31.5 Å². The van der Waals surface area contributed by atoms with Crippen LogP contribution in [0.2, 0.25) is 0 Å². The monoisotopic (exact) mass is 249 g/mol. The molecule has 0 aliphatic heterocycles. The molecule has 4 nitrogen and oxygen atoms in total. The van der Waals surface area contributed by atoms with E-state index in [-0.39, 0.29) is 18.7 Å². The Labute approximate surface area is 107 Å². The summed E-state index contributed by atoms with van der Waals surface area (Å²) in [6.07, 6.45) is 0. The van der Waals surface area contributed by atoms with E-state index >= 15 is 0 Å². The first-order chi connectivity index (χ1) is 8.74. The van der Waals surface area contributed by atoms with Gasteiger partial charge in [0.2, 0.25) is 0 Å². The van der Waals surface area contributed by atoms with Crippen LogP contribution in [-0.2, 0) is 4.74 Å². The highest BCUT2D eigenvalue weighted by molar-refractivity contribution is 5.77. The predicted molar refractivity (Wildman–Crippen MR) is 70.5 cm³/mol. The number of benzene rings is 1. The predicted octanol–water partition coefficient (Wildman–Crippen LogP) is 2.09. The van der Waals surface area contributed by atoms with Crippen molar-refractivity contribution in [3.8, 4) is 0 Å². The fourth-order valence-corrected chi connectivity index (χ4v) is 2.01. The van der Waals surface area contributed by atoms with Gasteiger partial charge in [0.25, 0.3) is 0 Å². The summed E-state index contributed by atoms with van der Waals surface area (Å²) < 4.78 is 10.8. The Morgan fingerprint density at radius 3 is 2.83 bits per heavy atom. The van der Waals surface area contributed by atoms with Crippen LogP contribution >= 0.6 is 0 Å². The number of methoxy groups -OCH3 is 1. The van der Waals surface area contributed by atoms with Gasteiger partial charge in [0, 0.05) is 12.5 Å². The fraction of sp³-hybridized carbons (Fsp3) is 0.429. The number of hydrogen-bond donors (Lipinski definition) is 2. The molecule has 1 aromatic carbocycles. The minimum atomic E-state index is -0.0850. The maximum Gasteiger partial charge on any atom is 0.134 e. The molecule has 0 aliphatic rings. The molecule has 2 unspecified atom stereocenters. The van der Waals surface area contributed by atoms with Crippen LogP contribution < -0.4 is 5.32 Å². The van der Waals surface area contributed by atoms with Gasteiger partial charge in [0.15, 0.2) is 0 Å². The SMILES string of the molecule is COCC(CO)NC(C)c1cc2ccccc2o1. The van der Waals surface area contributed by atoms with E-state index in [0.717, 1.165) is 16.7 Å². The molecule has 0 radical (unpaired) electrons. The molecule has 1 aromatic heterocycles. The summed E-state index contributed by atoms with van der Waals surface area (Å²) in [5.41, 5.74) is 0.883. The van der Waals surface area contributed by atoms with Crippen molar-refractivity contribution in [3.63, 3.8) is 0 Å². The van der Waals surface area contributed by atoms with E-state index in [9.17, 15) is 5.11 Å². The van der Waals surface area contributed by atoms with Crippen LogP contribution in [0.1, 0.15) is 18.7 Å². The molecule has 18 heavy (non-hydrogen) atoms. The summed E-state index contributed by atoms with van der Waals surface area (Å²) in [7, 11) is 1.62. The highest BCUT2D eigenvalue weighted by Crippen LogP contribution is 2.23. The number of hydrogen-bond acceptors (Lipinski definition) is 4. The zero-order chi connectivity index (χ0) is 13.0. The summed E-state index contributed by atoms with van der Waals surface area (Å²) in [5.74, 6) is 0.866. The lowest BCUT2D eigenvalue weighted by atomic mass is 10.2. The van der Waals surface area contributed by atoms with Crippen LogP contribution in [0.5, 0.6) is 0 Å². The second kappa shape index (κ2) is 6.00. The Bertz CT molecular complexity index is 461. The molecule has 2 N–H and O–H groups in total. The second-order valence-corrected chi connectivity index (χ2v) is 4.41. The first-order valence-corrected chi connectivity index (χ1v) is 6.09. The highest BCUT2D eigenvalue weighted by atomic mass is 16.5. The number of nitrogens with one attached hydrogen (secondary N) is 1. The first-order valence-electron chi connectivity index (χ1n) is 6.09. The molecule has 2 rings (SSSR count). The van der Waals surface area contributed by atoms with E-state index < -0.39 is 0 Å². The zero-order valence-electron chi connectivity index (χ0n) is 10.7. The lowest BCUT2D eigenvalue weighted by Gasteiger charge is -2.19. The van der Waals surface area contributed by atoms with Crippen LogP contribution in [0.4, 0.5) is 0 Å². The van der Waals surface area contributed by atoms with Crippen LogP contribution in [0, 0.1) is 0 Å². The topological polar surface area (TPSA) is 54.6 Å². The van der Waals surface area contributed by atoms with Crippen molar-refractivity contribution < 1.29 is 14.3 Å². The van der Waals surface area contributed by atoms with Gasteiger partial charge in [-0.25, -0.2) is 0 Å². The zero-order valence-corrected chi connectivity index (χ0v) is 10.7. The van der Waals surface area contributed by atoms with Gasteiger partial charge in [-0.05, 0) is 19.1 Å². The Morgan fingerprint density at radius 1 is 1.39 bits per heavy atom. The van der Waals surface area contributed by atoms with Gasteiger partial charge < -0.3 is 19.6 Å². The Hall–Kier alpha value is -1.36. The number of aliphatic hydroxyl groups excluding tert-OH is 1. The molecule has 1 heterocycles. The van der Waals surface area contributed by atoms with E-state index in [4.69, 9.17) is 9.15 Å². The molecule has 0 spiro atoms. The first kappa shape index (κ1) is 13.1. The summed E-state index contributed by atoms with van der Waals surface area (Å²) in [6.45, 7) is 2.52. The minimum absolute atomic E-state index is 0.0321.